The maximum absolute atomic E-state index is 14.4. The molecule has 0 saturated heterocycles. The zero-order chi connectivity index (χ0) is 28.2. The van der Waals surface area contributed by atoms with Gasteiger partial charge in [0.25, 0.3) is 0 Å². The van der Waals surface area contributed by atoms with Crippen LogP contribution in [-0.2, 0) is 9.59 Å². The van der Waals surface area contributed by atoms with Crippen LogP contribution in [0, 0.1) is 5.82 Å². The number of rotatable bonds is 9. The highest BCUT2D eigenvalue weighted by molar-refractivity contribution is 6.32. The van der Waals surface area contributed by atoms with Gasteiger partial charge in [-0.25, -0.2) is 9.37 Å². The van der Waals surface area contributed by atoms with Crippen LogP contribution in [-0.4, -0.2) is 41.4 Å². The summed E-state index contributed by atoms with van der Waals surface area (Å²) in [5.74, 6) is -7.75. The third-order valence-electron chi connectivity index (χ3n) is 5.23. The molecule has 0 spiro atoms. The van der Waals surface area contributed by atoms with E-state index in [4.69, 9.17) is 25.8 Å². The normalized spacial score (nSPS) is 11.1. The molecule has 2 amide bonds. The van der Waals surface area contributed by atoms with Crippen LogP contribution >= 0.6 is 11.6 Å². The van der Waals surface area contributed by atoms with Crippen molar-refractivity contribution >= 4 is 45.7 Å². The van der Waals surface area contributed by atoms with Gasteiger partial charge in [0.15, 0.2) is 11.5 Å². The van der Waals surface area contributed by atoms with Crippen molar-refractivity contribution in [1.82, 2.24) is 9.97 Å². The molecule has 4 aromatic rings. The summed E-state index contributed by atoms with van der Waals surface area (Å²) in [5, 5.41) is 4.20. The lowest BCUT2D eigenvalue weighted by atomic mass is 10.2. The van der Waals surface area contributed by atoms with Crippen molar-refractivity contribution in [2.75, 3.05) is 24.4 Å². The Labute approximate surface area is 224 Å². The van der Waals surface area contributed by atoms with E-state index >= 15 is 0 Å². The van der Waals surface area contributed by atoms with Gasteiger partial charge < -0.3 is 24.8 Å². The van der Waals surface area contributed by atoms with Gasteiger partial charge in [-0.3, -0.25) is 14.6 Å². The van der Waals surface area contributed by atoms with Gasteiger partial charge in [0, 0.05) is 23.3 Å². The predicted octanol–water partition coefficient (Wildman–Crippen LogP) is 5.83. The van der Waals surface area contributed by atoms with Gasteiger partial charge in [0.2, 0.25) is 5.88 Å². The number of ether oxygens (including phenoxy) is 3. The first-order valence-corrected chi connectivity index (χ1v) is 11.7. The van der Waals surface area contributed by atoms with E-state index < -0.39 is 23.6 Å². The first-order valence-electron chi connectivity index (χ1n) is 11.3. The number of hydrogen-bond acceptors (Lipinski definition) is 7. The van der Waals surface area contributed by atoms with Crippen LogP contribution in [0.25, 0.3) is 10.9 Å². The molecule has 13 heteroatoms. The molecule has 0 bridgehead atoms. The van der Waals surface area contributed by atoms with Crippen LogP contribution in [0.4, 0.5) is 24.5 Å². The summed E-state index contributed by atoms with van der Waals surface area (Å²) in [7, 11) is 1.49. The van der Waals surface area contributed by atoms with Gasteiger partial charge in [-0.2, -0.15) is 8.78 Å². The molecule has 0 unspecified atom stereocenters. The number of fused-ring (bicyclic) bond motifs is 1. The lowest BCUT2D eigenvalue weighted by Gasteiger charge is -2.16. The Hall–Kier alpha value is -4.58. The van der Waals surface area contributed by atoms with E-state index in [-0.39, 0.29) is 22.3 Å². The summed E-state index contributed by atoms with van der Waals surface area (Å²) in [5.41, 5.74) is 0.211. The molecule has 9 nitrogen and oxygen atoms in total. The first kappa shape index (κ1) is 27.5. The molecule has 2 aromatic heterocycles. The number of benzene rings is 2. The van der Waals surface area contributed by atoms with Gasteiger partial charge in [-0.1, -0.05) is 11.6 Å². The van der Waals surface area contributed by atoms with Gasteiger partial charge >= 0.3 is 17.7 Å². The van der Waals surface area contributed by atoms with Gasteiger partial charge in [0.05, 0.1) is 31.1 Å². The van der Waals surface area contributed by atoms with Crippen molar-refractivity contribution in [2.24, 2.45) is 0 Å². The van der Waals surface area contributed by atoms with Gasteiger partial charge in [0.1, 0.15) is 16.6 Å². The van der Waals surface area contributed by atoms with Crippen LogP contribution in [0.15, 0.2) is 60.9 Å². The van der Waals surface area contributed by atoms with Crippen LogP contribution in [0.3, 0.4) is 0 Å². The van der Waals surface area contributed by atoms with Crippen molar-refractivity contribution in [3.05, 3.63) is 71.8 Å². The molecule has 0 aliphatic heterocycles. The Morgan fingerprint density at radius 2 is 1.64 bits per heavy atom. The van der Waals surface area contributed by atoms with E-state index in [1.54, 1.807) is 18.2 Å². The smallest absolute Gasteiger partial charge is 0.401 e. The lowest BCUT2D eigenvalue weighted by Crippen LogP contribution is -2.45. The largest absolute Gasteiger partial charge is 0.493 e. The zero-order valence-corrected chi connectivity index (χ0v) is 21.2. The van der Waals surface area contributed by atoms with Crippen molar-refractivity contribution in [1.29, 1.82) is 0 Å². The maximum Gasteiger partial charge on any atom is 0.401 e. The summed E-state index contributed by atoms with van der Waals surface area (Å²) in [6.07, 6.45) is 2.53. The number of aromatic nitrogens is 2. The Morgan fingerprint density at radius 3 is 2.28 bits per heavy atom. The van der Waals surface area contributed by atoms with Crippen LogP contribution in [0.2, 0.25) is 5.02 Å². The summed E-state index contributed by atoms with van der Waals surface area (Å²) < 4.78 is 58.6. The highest BCUT2D eigenvalue weighted by Crippen LogP contribution is 2.38. The molecule has 39 heavy (non-hydrogen) atoms. The fourth-order valence-electron chi connectivity index (χ4n) is 3.37. The molecular weight excluding hydrogens is 541 g/mol. The second kappa shape index (κ2) is 11.4. The third-order valence-corrected chi connectivity index (χ3v) is 5.50. The van der Waals surface area contributed by atoms with Crippen molar-refractivity contribution in [2.45, 2.75) is 12.8 Å². The zero-order valence-electron chi connectivity index (χ0n) is 20.4. The number of nitrogens with zero attached hydrogens (tertiary/aromatic N) is 2. The Balaban J connectivity index is 1.50. The summed E-state index contributed by atoms with van der Waals surface area (Å²) >= 11 is 6.24. The average molecular weight is 561 g/mol. The number of alkyl halides is 2. The highest BCUT2D eigenvalue weighted by Gasteiger charge is 2.47. The molecule has 0 saturated carbocycles. The van der Waals surface area contributed by atoms with Crippen molar-refractivity contribution in [3.8, 4) is 23.1 Å². The molecule has 4 rings (SSSR count). The number of methoxy groups -OCH3 is 1. The number of amides is 2. The van der Waals surface area contributed by atoms with Crippen molar-refractivity contribution in [3.63, 3.8) is 0 Å². The minimum absolute atomic E-state index is 0.0872. The SMILES string of the molecule is CCOc1cc2nccc(Oc3ncc(NC(=O)C(F)(F)C(=O)Nc4ccc(F)cc4)cc3Cl)c2cc1OC. The van der Waals surface area contributed by atoms with Crippen LogP contribution < -0.4 is 24.8 Å². The van der Waals surface area contributed by atoms with Gasteiger partial charge in [-0.15, -0.1) is 0 Å². The molecule has 0 aliphatic carbocycles. The Kier molecular flexibility index (Phi) is 8.05. The molecule has 0 aliphatic rings. The average Bonchev–Trinajstić information content (AvgIpc) is 2.91. The fourth-order valence-corrected chi connectivity index (χ4v) is 3.58. The summed E-state index contributed by atoms with van der Waals surface area (Å²) in [4.78, 5) is 32.5. The minimum Gasteiger partial charge on any atom is -0.493 e. The first-order chi connectivity index (χ1) is 18.6. The number of nitrogens with one attached hydrogen (secondary N) is 2. The topological polar surface area (TPSA) is 112 Å². The molecule has 2 N–H and O–H groups in total. The second-order valence-corrected chi connectivity index (χ2v) is 8.27. The Bertz CT molecular complexity index is 1540. The minimum atomic E-state index is -4.47. The van der Waals surface area contributed by atoms with E-state index in [9.17, 15) is 22.8 Å². The summed E-state index contributed by atoms with van der Waals surface area (Å²) in [6, 6.07) is 10.1. The number of halogens is 4. The van der Waals surface area contributed by atoms with Crippen LogP contribution in [0.1, 0.15) is 6.92 Å². The van der Waals surface area contributed by atoms with E-state index in [1.807, 2.05) is 17.6 Å². The van der Waals surface area contributed by atoms with Crippen LogP contribution in [0.5, 0.6) is 23.1 Å². The molecule has 0 atom stereocenters. The quantitative estimate of drug-likeness (QED) is 0.248. The number of hydrogen-bond donors (Lipinski definition) is 2. The van der Waals surface area contributed by atoms with E-state index in [0.717, 1.165) is 36.5 Å². The standard InChI is InChI=1S/C26H20ClF3N4O5/c1-3-38-22-12-19-17(11-21(22)37-2)20(8-9-31-19)39-23-18(27)10-16(13-32-23)34-25(36)26(29,30)24(35)33-15-6-4-14(28)5-7-15/h4-13H,3H2,1-2H3,(H,33,35)(H,34,36). The summed E-state index contributed by atoms with van der Waals surface area (Å²) in [6.45, 7) is 2.26. The Morgan fingerprint density at radius 1 is 0.949 bits per heavy atom. The molecule has 202 valence electrons. The maximum atomic E-state index is 14.4. The lowest BCUT2D eigenvalue weighted by molar-refractivity contribution is -0.152. The predicted molar refractivity (Wildman–Crippen MR) is 137 cm³/mol. The molecule has 0 radical (unpaired) electrons. The monoisotopic (exact) mass is 560 g/mol. The fraction of sp³-hybridized carbons (Fsp3) is 0.154. The molecule has 2 aromatic carbocycles. The van der Waals surface area contributed by atoms with Gasteiger partial charge in [-0.05, 0) is 49.4 Å². The van der Waals surface area contributed by atoms with E-state index in [2.05, 4.69) is 9.97 Å². The molecule has 2 heterocycles. The number of anilines is 2. The van der Waals surface area contributed by atoms with Crippen molar-refractivity contribution < 1.29 is 37.0 Å². The molecular formula is C26H20ClF3N4O5. The number of carbonyl (C=O) groups excluding carboxylic acids is 2. The highest BCUT2D eigenvalue weighted by atomic mass is 35.5. The number of carbonyl (C=O) groups is 2. The second-order valence-electron chi connectivity index (χ2n) is 7.86. The molecule has 0 fully saturated rings. The third kappa shape index (κ3) is 6.12. The van der Waals surface area contributed by atoms with E-state index in [1.165, 1.54) is 13.3 Å². The van der Waals surface area contributed by atoms with E-state index in [0.29, 0.717) is 34.8 Å². The number of pyridine rings is 2.